The van der Waals surface area contributed by atoms with E-state index < -0.39 is 0 Å². The second-order valence-corrected chi connectivity index (χ2v) is 7.86. The van der Waals surface area contributed by atoms with Gasteiger partial charge in [-0.1, -0.05) is 45.1 Å². The van der Waals surface area contributed by atoms with Gasteiger partial charge >= 0.3 is 0 Å². The molecule has 140 valence electrons. The molecule has 0 aliphatic carbocycles. The van der Waals surface area contributed by atoms with Crippen molar-refractivity contribution in [3.05, 3.63) is 23.8 Å². The summed E-state index contributed by atoms with van der Waals surface area (Å²) in [7, 11) is 0. The van der Waals surface area contributed by atoms with E-state index in [1.54, 1.807) is 0 Å². The number of benzene rings is 1. The van der Waals surface area contributed by atoms with Gasteiger partial charge in [0, 0.05) is 18.5 Å². The molecule has 0 saturated carbocycles. The molecule has 1 aliphatic heterocycles. The third kappa shape index (κ3) is 5.94. The molecule has 1 aliphatic rings. The number of carbonyl (C=O) groups is 1. The largest absolute Gasteiger partial charge is 0.454 e. The van der Waals surface area contributed by atoms with Gasteiger partial charge in [-0.3, -0.25) is 4.79 Å². The quantitative estimate of drug-likeness (QED) is 0.570. The van der Waals surface area contributed by atoms with Crippen LogP contribution in [0.2, 0.25) is 0 Å². The van der Waals surface area contributed by atoms with E-state index in [9.17, 15) is 4.79 Å². The summed E-state index contributed by atoms with van der Waals surface area (Å²) in [5.41, 5.74) is 0.880. The lowest BCUT2D eigenvalue weighted by Crippen LogP contribution is -2.45. The van der Waals surface area contributed by atoms with Crippen LogP contribution in [0, 0.1) is 0 Å². The predicted molar refractivity (Wildman–Crippen MR) is 101 cm³/mol. The van der Waals surface area contributed by atoms with Gasteiger partial charge in [-0.15, -0.1) is 0 Å². The minimum atomic E-state index is -0.199. The molecule has 0 N–H and O–H groups in total. The molecule has 1 amide bonds. The molecule has 2 rings (SSSR count). The monoisotopic (exact) mass is 347 g/mol. The SMILES string of the molecule is CCCCCCCCC(=O)N(Cc1ccc2c(c1)OCO2)C(C)(C)C. The molecule has 4 nitrogen and oxygen atoms in total. The van der Waals surface area contributed by atoms with E-state index in [2.05, 4.69) is 27.7 Å². The molecular formula is C21H33NO3. The van der Waals surface area contributed by atoms with Gasteiger partial charge < -0.3 is 14.4 Å². The summed E-state index contributed by atoms with van der Waals surface area (Å²) in [6.07, 6.45) is 7.83. The molecule has 0 saturated heterocycles. The van der Waals surface area contributed by atoms with Crippen LogP contribution in [0.15, 0.2) is 18.2 Å². The Bertz CT molecular complexity index is 563. The summed E-state index contributed by atoms with van der Waals surface area (Å²) in [6, 6.07) is 5.93. The normalized spacial score (nSPS) is 13.1. The van der Waals surface area contributed by atoms with Crippen LogP contribution in [-0.4, -0.2) is 23.1 Å². The average molecular weight is 347 g/mol. The topological polar surface area (TPSA) is 38.8 Å². The van der Waals surface area contributed by atoms with Gasteiger partial charge in [0.1, 0.15) is 0 Å². The standard InChI is InChI=1S/C21H33NO3/c1-5-6-7-8-9-10-11-20(23)22(21(2,3)4)15-17-12-13-18-19(14-17)25-16-24-18/h12-14H,5-11,15-16H2,1-4H3. The summed E-state index contributed by atoms with van der Waals surface area (Å²) in [5.74, 6) is 1.79. The number of nitrogens with zero attached hydrogens (tertiary/aromatic N) is 1. The van der Waals surface area contributed by atoms with E-state index in [1.807, 2.05) is 23.1 Å². The minimum Gasteiger partial charge on any atom is -0.454 e. The molecule has 4 heteroatoms. The third-order valence-corrected chi connectivity index (χ3v) is 4.63. The number of carbonyl (C=O) groups excluding carboxylic acids is 1. The smallest absolute Gasteiger partial charge is 0.231 e. The lowest BCUT2D eigenvalue weighted by atomic mass is 10.0. The summed E-state index contributed by atoms with van der Waals surface area (Å²) >= 11 is 0. The second kappa shape index (κ2) is 9.12. The summed E-state index contributed by atoms with van der Waals surface area (Å²) < 4.78 is 10.8. The Hall–Kier alpha value is -1.71. The number of amides is 1. The lowest BCUT2D eigenvalue weighted by Gasteiger charge is -2.36. The van der Waals surface area contributed by atoms with Crippen LogP contribution in [0.25, 0.3) is 0 Å². The van der Waals surface area contributed by atoms with Crippen LogP contribution in [0.4, 0.5) is 0 Å². The van der Waals surface area contributed by atoms with E-state index in [1.165, 1.54) is 25.7 Å². The molecular weight excluding hydrogens is 314 g/mol. The van der Waals surface area contributed by atoms with Gasteiger partial charge in [0.2, 0.25) is 12.7 Å². The maximum atomic E-state index is 12.8. The molecule has 1 heterocycles. The zero-order valence-electron chi connectivity index (χ0n) is 16.3. The van der Waals surface area contributed by atoms with Crippen molar-refractivity contribution in [2.75, 3.05) is 6.79 Å². The first-order valence-electron chi connectivity index (χ1n) is 9.61. The van der Waals surface area contributed by atoms with Crippen LogP contribution < -0.4 is 9.47 Å². The highest BCUT2D eigenvalue weighted by molar-refractivity contribution is 5.77. The Morgan fingerprint density at radius 3 is 2.44 bits per heavy atom. The Labute approximate surface area is 152 Å². The molecule has 0 bridgehead atoms. The molecule has 25 heavy (non-hydrogen) atoms. The zero-order valence-corrected chi connectivity index (χ0v) is 16.3. The fourth-order valence-electron chi connectivity index (χ4n) is 3.11. The summed E-state index contributed by atoms with van der Waals surface area (Å²) in [4.78, 5) is 14.8. The molecule has 0 spiro atoms. The molecule has 0 unspecified atom stereocenters. The van der Waals surface area contributed by atoms with Crippen molar-refractivity contribution < 1.29 is 14.3 Å². The number of rotatable bonds is 9. The van der Waals surface area contributed by atoms with Gasteiger partial charge in [-0.25, -0.2) is 0 Å². The highest BCUT2D eigenvalue weighted by Gasteiger charge is 2.26. The number of hydrogen-bond donors (Lipinski definition) is 0. The number of hydrogen-bond acceptors (Lipinski definition) is 3. The predicted octanol–water partition coefficient (Wildman–Crippen LogP) is 5.29. The van der Waals surface area contributed by atoms with E-state index in [0.29, 0.717) is 13.0 Å². The minimum absolute atomic E-state index is 0.199. The lowest BCUT2D eigenvalue weighted by molar-refractivity contribution is -0.136. The Morgan fingerprint density at radius 1 is 1.04 bits per heavy atom. The number of fused-ring (bicyclic) bond motifs is 1. The van der Waals surface area contributed by atoms with Crippen molar-refractivity contribution in [1.29, 1.82) is 0 Å². The van der Waals surface area contributed by atoms with Crippen LogP contribution in [0.1, 0.15) is 78.2 Å². The third-order valence-electron chi connectivity index (χ3n) is 4.63. The van der Waals surface area contributed by atoms with Crippen molar-refractivity contribution in [3.8, 4) is 11.5 Å². The van der Waals surface area contributed by atoms with E-state index in [0.717, 1.165) is 29.9 Å². The number of ether oxygens (including phenoxy) is 2. The highest BCUT2D eigenvalue weighted by Crippen LogP contribution is 2.33. The second-order valence-electron chi connectivity index (χ2n) is 7.86. The highest BCUT2D eigenvalue weighted by atomic mass is 16.7. The fourth-order valence-corrected chi connectivity index (χ4v) is 3.11. The van der Waals surface area contributed by atoms with E-state index >= 15 is 0 Å². The van der Waals surface area contributed by atoms with Crippen LogP contribution in [0.3, 0.4) is 0 Å². The first kappa shape index (κ1) is 19.6. The molecule has 0 fully saturated rings. The van der Waals surface area contributed by atoms with Gasteiger partial charge in [0.25, 0.3) is 0 Å². The molecule has 0 radical (unpaired) electrons. The maximum Gasteiger partial charge on any atom is 0.231 e. The van der Waals surface area contributed by atoms with Gasteiger partial charge in [0.05, 0.1) is 0 Å². The van der Waals surface area contributed by atoms with Crippen molar-refractivity contribution in [1.82, 2.24) is 4.90 Å². The summed E-state index contributed by atoms with van der Waals surface area (Å²) in [6.45, 7) is 9.39. The van der Waals surface area contributed by atoms with Crippen molar-refractivity contribution >= 4 is 5.91 Å². The van der Waals surface area contributed by atoms with Crippen LogP contribution in [0.5, 0.6) is 11.5 Å². The molecule has 0 atom stereocenters. The van der Waals surface area contributed by atoms with Gasteiger partial charge in [0.15, 0.2) is 11.5 Å². The first-order chi connectivity index (χ1) is 11.9. The fraction of sp³-hybridized carbons (Fsp3) is 0.667. The Morgan fingerprint density at radius 2 is 1.72 bits per heavy atom. The van der Waals surface area contributed by atoms with Crippen molar-refractivity contribution in [2.24, 2.45) is 0 Å². The van der Waals surface area contributed by atoms with E-state index in [-0.39, 0.29) is 18.2 Å². The van der Waals surface area contributed by atoms with E-state index in [4.69, 9.17) is 9.47 Å². The average Bonchev–Trinajstić information content (AvgIpc) is 3.02. The molecule has 1 aromatic carbocycles. The van der Waals surface area contributed by atoms with Crippen LogP contribution >= 0.6 is 0 Å². The van der Waals surface area contributed by atoms with Crippen LogP contribution in [-0.2, 0) is 11.3 Å². The Kier molecular flexibility index (Phi) is 7.15. The zero-order chi connectivity index (χ0) is 18.3. The summed E-state index contributed by atoms with van der Waals surface area (Å²) in [5, 5.41) is 0. The van der Waals surface area contributed by atoms with Gasteiger partial charge in [-0.05, 0) is 44.9 Å². The first-order valence-corrected chi connectivity index (χ1v) is 9.61. The van der Waals surface area contributed by atoms with Crippen molar-refractivity contribution in [2.45, 2.75) is 84.7 Å². The van der Waals surface area contributed by atoms with Crippen molar-refractivity contribution in [3.63, 3.8) is 0 Å². The Balaban J connectivity index is 1.91. The molecule has 1 aromatic rings. The maximum absolute atomic E-state index is 12.8. The molecule has 0 aromatic heterocycles. The number of unbranched alkanes of at least 4 members (excludes halogenated alkanes) is 5. The van der Waals surface area contributed by atoms with Gasteiger partial charge in [-0.2, -0.15) is 0 Å².